The molecule has 0 N–H and O–H groups in total. The number of methoxy groups -OCH3 is 1. The van der Waals surface area contributed by atoms with Crippen molar-refractivity contribution in [1.82, 2.24) is 5.01 Å². The van der Waals surface area contributed by atoms with Crippen molar-refractivity contribution in [2.75, 3.05) is 13.7 Å². The molecule has 1 heterocycles. The number of benzene rings is 2. The van der Waals surface area contributed by atoms with Crippen molar-refractivity contribution < 1.29 is 19.2 Å². The Morgan fingerprint density at radius 2 is 2.03 bits per heavy atom. The zero-order valence-corrected chi connectivity index (χ0v) is 18.3. The minimum absolute atomic E-state index is 0.0388. The van der Waals surface area contributed by atoms with Crippen LogP contribution in [0.25, 0.3) is 0 Å². The Balaban J connectivity index is 1.78. The number of hydrazone groups is 1. The summed E-state index contributed by atoms with van der Waals surface area (Å²) >= 11 is 0. The highest BCUT2D eigenvalue weighted by atomic mass is 16.6. The zero-order chi connectivity index (χ0) is 22.8. The number of allylic oxidation sites excluding steroid dienone is 1. The molecule has 4 rings (SSSR count). The van der Waals surface area contributed by atoms with Gasteiger partial charge in [-0.15, -0.1) is 0 Å². The van der Waals surface area contributed by atoms with E-state index < -0.39 is 10.9 Å². The number of hydrogen-bond donors (Lipinski definition) is 0. The summed E-state index contributed by atoms with van der Waals surface area (Å²) < 4.78 is 10.5. The summed E-state index contributed by atoms with van der Waals surface area (Å²) in [5, 5.41) is 17.9. The maximum absolute atomic E-state index is 12.1. The standard InChI is InChI=1S/C24H25N3O5/c1-4-32-22(28)13-15(2)26-24(17-5-9-18(10-6-17)27(29)30)20-12-8-16-7-11-19(31-3)14-21(16)23(20)25-26/h5-7,9-11,13-14,20,24H,4,8,12H2,1-3H3/b15-13+/t20-,24+/m1/s1. The van der Waals surface area contributed by atoms with E-state index in [2.05, 4.69) is 6.07 Å². The van der Waals surface area contributed by atoms with Gasteiger partial charge in [0.05, 0.1) is 30.4 Å². The van der Waals surface area contributed by atoms with Gasteiger partial charge in [-0.2, -0.15) is 5.10 Å². The van der Waals surface area contributed by atoms with Crippen LogP contribution in [0.3, 0.4) is 0 Å². The summed E-state index contributed by atoms with van der Waals surface area (Å²) in [5.74, 6) is 0.405. The Kier molecular flexibility index (Phi) is 5.94. The van der Waals surface area contributed by atoms with Crippen molar-refractivity contribution in [1.29, 1.82) is 0 Å². The maximum Gasteiger partial charge on any atom is 0.332 e. The number of carbonyl (C=O) groups is 1. The molecule has 1 aliphatic heterocycles. The second-order valence-electron chi connectivity index (χ2n) is 7.83. The quantitative estimate of drug-likeness (QED) is 0.289. The molecule has 0 spiro atoms. The molecular formula is C24H25N3O5. The van der Waals surface area contributed by atoms with Gasteiger partial charge in [0, 0.05) is 35.4 Å². The molecule has 0 radical (unpaired) electrons. The van der Waals surface area contributed by atoms with E-state index in [4.69, 9.17) is 14.6 Å². The fourth-order valence-corrected chi connectivity index (χ4v) is 4.46. The van der Waals surface area contributed by atoms with Gasteiger partial charge < -0.3 is 9.47 Å². The van der Waals surface area contributed by atoms with Crippen LogP contribution in [0.15, 0.2) is 59.3 Å². The SMILES string of the molecule is CCOC(=O)/C=C(\C)N1N=C2c3cc(OC)ccc3CC[C@H]2[C@@H]1c1ccc([N+](=O)[O-])cc1. The van der Waals surface area contributed by atoms with Crippen LogP contribution in [0.2, 0.25) is 0 Å². The first-order valence-electron chi connectivity index (χ1n) is 10.6. The summed E-state index contributed by atoms with van der Waals surface area (Å²) in [4.78, 5) is 22.8. The molecule has 0 unspecified atom stereocenters. The lowest BCUT2D eigenvalue weighted by atomic mass is 9.77. The van der Waals surface area contributed by atoms with E-state index in [1.54, 1.807) is 26.2 Å². The van der Waals surface area contributed by atoms with Gasteiger partial charge in [0.2, 0.25) is 0 Å². The Morgan fingerprint density at radius 1 is 1.28 bits per heavy atom. The molecule has 2 aliphatic rings. The number of esters is 1. The Morgan fingerprint density at radius 3 is 2.69 bits per heavy atom. The first kappa shape index (κ1) is 21.5. The van der Waals surface area contributed by atoms with Crippen molar-refractivity contribution in [3.05, 3.63) is 81.0 Å². The van der Waals surface area contributed by atoms with E-state index in [0.717, 1.165) is 35.4 Å². The van der Waals surface area contributed by atoms with Gasteiger partial charge in [-0.25, -0.2) is 4.79 Å². The van der Waals surface area contributed by atoms with Crippen LogP contribution >= 0.6 is 0 Å². The third kappa shape index (κ3) is 3.95. The predicted molar refractivity (Wildman–Crippen MR) is 119 cm³/mol. The van der Waals surface area contributed by atoms with Crippen LogP contribution in [-0.2, 0) is 16.0 Å². The third-order valence-corrected chi connectivity index (χ3v) is 5.95. The highest BCUT2D eigenvalue weighted by Crippen LogP contribution is 2.45. The van der Waals surface area contributed by atoms with Crippen LogP contribution in [-0.4, -0.2) is 35.3 Å². The Bertz CT molecular complexity index is 1110. The van der Waals surface area contributed by atoms with Crippen LogP contribution in [0.1, 0.15) is 43.0 Å². The van der Waals surface area contributed by atoms with Crippen molar-refractivity contribution in [2.45, 2.75) is 32.7 Å². The topological polar surface area (TPSA) is 94.3 Å². The number of fused-ring (bicyclic) bond motifs is 3. The van der Waals surface area contributed by atoms with Crippen LogP contribution in [0.4, 0.5) is 5.69 Å². The molecule has 0 saturated carbocycles. The largest absolute Gasteiger partial charge is 0.497 e. The highest BCUT2D eigenvalue weighted by molar-refractivity contribution is 6.06. The molecule has 8 heteroatoms. The lowest BCUT2D eigenvalue weighted by Crippen LogP contribution is -2.28. The number of hydrogen-bond acceptors (Lipinski definition) is 7. The molecular weight excluding hydrogens is 410 g/mol. The molecule has 0 bridgehead atoms. The Labute approximate surface area is 186 Å². The van der Waals surface area contributed by atoms with Crippen molar-refractivity contribution in [3.8, 4) is 5.75 Å². The Hall–Kier alpha value is -3.68. The lowest BCUT2D eigenvalue weighted by Gasteiger charge is -2.31. The van der Waals surface area contributed by atoms with Gasteiger partial charge in [-0.3, -0.25) is 15.1 Å². The van der Waals surface area contributed by atoms with Crippen LogP contribution in [0, 0.1) is 16.0 Å². The number of rotatable bonds is 6. The number of nitrogens with zero attached hydrogens (tertiary/aromatic N) is 3. The fraction of sp³-hybridized carbons (Fsp3) is 0.333. The molecule has 0 amide bonds. The first-order valence-corrected chi connectivity index (χ1v) is 10.6. The van der Waals surface area contributed by atoms with Gasteiger partial charge in [-0.05, 0) is 49.9 Å². The number of non-ortho nitro benzene ring substituents is 1. The number of nitro groups is 1. The molecule has 0 fully saturated rings. The molecule has 166 valence electrons. The normalized spacial score (nSPS) is 19.7. The van der Waals surface area contributed by atoms with Gasteiger partial charge in [0.15, 0.2) is 0 Å². The van der Waals surface area contributed by atoms with Crippen molar-refractivity contribution in [3.63, 3.8) is 0 Å². The molecule has 8 nitrogen and oxygen atoms in total. The van der Waals surface area contributed by atoms with Crippen LogP contribution < -0.4 is 4.74 Å². The van der Waals surface area contributed by atoms with Gasteiger partial charge in [0.25, 0.3) is 5.69 Å². The van der Waals surface area contributed by atoms with Gasteiger partial charge in [0.1, 0.15) is 5.75 Å². The summed E-state index contributed by atoms with van der Waals surface area (Å²) in [5.41, 5.74) is 4.78. The van der Waals surface area contributed by atoms with E-state index in [9.17, 15) is 14.9 Å². The molecule has 0 saturated heterocycles. The second kappa shape index (κ2) is 8.82. The number of carbonyl (C=O) groups excluding carboxylic acids is 1. The van der Waals surface area contributed by atoms with Gasteiger partial charge in [-0.1, -0.05) is 18.2 Å². The predicted octanol–water partition coefficient (Wildman–Crippen LogP) is 4.39. The van der Waals surface area contributed by atoms with E-state index in [1.807, 2.05) is 24.1 Å². The number of aryl methyl sites for hydroxylation is 1. The molecule has 2 aromatic carbocycles. The molecule has 0 aromatic heterocycles. The lowest BCUT2D eigenvalue weighted by molar-refractivity contribution is -0.384. The minimum atomic E-state index is -0.426. The zero-order valence-electron chi connectivity index (χ0n) is 18.3. The molecule has 2 atom stereocenters. The molecule has 1 aliphatic carbocycles. The average Bonchev–Trinajstić information content (AvgIpc) is 3.19. The van der Waals surface area contributed by atoms with Crippen LogP contribution in [0.5, 0.6) is 5.75 Å². The second-order valence-corrected chi connectivity index (χ2v) is 7.83. The van der Waals surface area contributed by atoms with E-state index in [1.165, 1.54) is 23.8 Å². The molecule has 2 aromatic rings. The van der Waals surface area contributed by atoms with E-state index >= 15 is 0 Å². The molecule has 32 heavy (non-hydrogen) atoms. The number of nitro benzene ring substituents is 1. The van der Waals surface area contributed by atoms with Gasteiger partial charge >= 0.3 is 5.97 Å². The van der Waals surface area contributed by atoms with Crippen molar-refractivity contribution >= 4 is 17.4 Å². The van der Waals surface area contributed by atoms with Crippen molar-refractivity contribution in [2.24, 2.45) is 11.0 Å². The summed E-state index contributed by atoms with van der Waals surface area (Å²) in [6.45, 7) is 3.87. The first-order chi connectivity index (χ1) is 15.4. The third-order valence-electron chi connectivity index (χ3n) is 5.95. The maximum atomic E-state index is 12.1. The summed E-state index contributed by atoms with van der Waals surface area (Å²) in [6.07, 6.45) is 3.21. The fourth-order valence-electron chi connectivity index (χ4n) is 4.46. The van der Waals surface area contributed by atoms with E-state index in [0.29, 0.717) is 12.3 Å². The minimum Gasteiger partial charge on any atom is -0.497 e. The number of ether oxygens (including phenoxy) is 2. The average molecular weight is 435 g/mol. The summed E-state index contributed by atoms with van der Waals surface area (Å²) in [6, 6.07) is 12.4. The summed E-state index contributed by atoms with van der Waals surface area (Å²) in [7, 11) is 1.64. The highest BCUT2D eigenvalue weighted by Gasteiger charge is 2.42. The smallest absolute Gasteiger partial charge is 0.332 e. The monoisotopic (exact) mass is 435 g/mol. The van der Waals surface area contributed by atoms with E-state index in [-0.39, 0.29) is 17.6 Å².